The molecule has 106 valence electrons. The minimum Gasteiger partial charge on any atom is -0.395 e. The molecule has 0 aliphatic heterocycles. The second-order valence-corrected chi connectivity index (χ2v) is 4.29. The quantitative estimate of drug-likeness (QED) is 0.851. The fourth-order valence-corrected chi connectivity index (χ4v) is 1.74. The van der Waals surface area contributed by atoms with Crippen LogP contribution in [0.15, 0.2) is 48.5 Å². The van der Waals surface area contributed by atoms with Gasteiger partial charge in [-0.15, -0.1) is 0 Å². The van der Waals surface area contributed by atoms with E-state index in [2.05, 4.69) is 17.2 Å². The molecule has 0 spiro atoms. The van der Waals surface area contributed by atoms with Gasteiger partial charge in [-0.2, -0.15) is 0 Å². The van der Waals surface area contributed by atoms with Gasteiger partial charge in [-0.3, -0.25) is 4.79 Å². The molecule has 0 radical (unpaired) electrons. The number of carbonyl (C=O) groups is 1. The molecule has 0 saturated heterocycles. The first-order chi connectivity index (χ1) is 10.2. The van der Waals surface area contributed by atoms with Gasteiger partial charge in [0.15, 0.2) is 0 Å². The first kappa shape index (κ1) is 14.8. The molecular formula is C17H14FNO2. The third-order valence-corrected chi connectivity index (χ3v) is 2.71. The number of amides is 1. The fourth-order valence-electron chi connectivity index (χ4n) is 1.74. The van der Waals surface area contributed by atoms with Gasteiger partial charge in [0.05, 0.1) is 12.2 Å². The third kappa shape index (κ3) is 4.16. The predicted molar refractivity (Wildman–Crippen MR) is 79.4 cm³/mol. The average Bonchev–Trinajstić information content (AvgIpc) is 2.48. The van der Waals surface area contributed by atoms with Crippen LogP contribution in [0.3, 0.4) is 0 Å². The van der Waals surface area contributed by atoms with Gasteiger partial charge in [0, 0.05) is 17.7 Å². The third-order valence-electron chi connectivity index (χ3n) is 2.71. The van der Waals surface area contributed by atoms with Crippen molar-refractivity contribution in [2.75, 3.05) is 11.9 Å². The molecule has 21 heavy (non-hydrogen) atoms. The van der Waals surface area contributed by atoms with Crippen LogP contribution in [0.25, 0.3) is 0 Å². The van der Waals surface area contributed by atoms with Crippen molar-refractivity contribution < 1.29 is 14.3 Å². The highest BCUT2D eigenvalue weighted by Crippen LogP contribution is 2.13. The summed E-state index contributed by atoms with van der Waals surface area (Å²) in [6, 6.07) is 12.8. The second kappa shape index (κ2) is 7.22. The number of halogens is 1. The van der Waals surface area contributed by atoms with Gasteiger partial charge in [0.1, 0.15) is 5.82 Å². The van der Waals surface area contributed by atoms with Crippen LogP contribution < -0.4 is 5.32 Å². The van der Waals surface area contributed by atoms with E-state index in [-0.39, 0.29) is 12.2 Å². The maximum absolute atomic E-state index is 13.5. The number of anilines is 1. The Labute approximate surface area is 122 Å². The van der Waals surface area contributed by atoms with Crippen molar-refractivity contribution >= 4 is 11.6 Å². The van der Waals surface area contributed by atoms with E-state index in [0.29, 0.717) is 12.1 Å². The molecule has 0 bridgehead atoms. The number of aliphatic hydroxyl groups is 1. The summed E-state index contributed by atoms with van der Waals surface area (Å²) in [5.41, 5.74) is 1.25. The van der Waals surface area contributed by atoms with Crippen molar-refractivity contribution in [2.45, 2.75) is 6.42 Å². The van der Waals surface area contributed by atoms with Crippen molar-refractivity contribution in [2.24, 2.45) is 0 Å². The highest BCUT2D eigenvalue weighted by molar-refractivity contribution is 6.04. The molecule has 4 heteroatoms. The maximum atomic E-state index is 13.5. The number of hydrogen-bond acceptors (Lipinski definition) is 2. The summed E-state index contributed by atoms with van der Waals surface area (Å²) < 4.78 is 13.5. The Morgan fingerprint density at radius 1 is 1.19 bits per heavy atom. The van der Waals surface area contributed by atoms with Gasteiger partial charge in [0.25, 0.3) is 5.91 Å². The molecule has 2 rings (SSSR count). The molecule has 0 atom stereocenters. The molecule has 0 heterocycles. The molecule has 0 fully saturated rings. The van der Waals surface area contributed by atoms with Crippen LogP contribution in [-0.4, -0.2) is 17.6 Å². The van der Waals surface area contributed by atoms with Crippen molar-refractivity contribution in [1.82, 2.24) is 0 Å². The Kier molecular flexibility index (Phi) is 5.08. The average molecular weight is 283 g/mol. The number of hydrogen-bond donors (Lipinski definition) is 2. The summed E-state index contributed by atoms with van der Waals surface area (Å²) in [6.07, 6.45) is 0.395. The Hall–Kier alpha value is -2.64. The lowest BCUT2D eigenvalue weighted by Gasteiger charge is -2.06. The molecule has 0 aliphatic rings. The molecule has 0 aliphatic carbocycles. The number of rotatable bonds is 3. The van der Waals surface area contributed by atoms with E-state index >= 15 is 0 Å². The highest BCUT2D eigenvalue weighted by atomic mass is 19.1. The van der Waals surface area contributed by atoms with Crippen LogP contribution in [-0.2, 0) is 0 Å². The van der Waals surface area contributed by atoms with Crippen molar-refractivity contribution in [3.63, 3.8) is 0 Å². The molecule has 0 saturated carbocycles. The van der Waals surface area contributed by atoms with Gasteiger partial charge in [-0.05, 0) is 30.3 Å². The summed E-state index contributed by atoms with van der Waals surface area (Å²) >= 11 is 0. The molecular weight excluding hydrogens is 269 g/mol. The summed E-state index contributed by atoms with van der Waals surface area (Å²) in [4.78, 5) is 12.0. The van der Waals surface area contributed by atoms with Crippen LogP contribution in [0.2, 0.25) is 0 Å². The zero-order chi connectivity index (χ0) is 15.1. The van der Waals surface area contributed by atoms with E-state index in [1.165, 1.54) is 18.2 Å². The van der Waals surface area contributed by atoms with E-state index in [4.69, 9.17) is 5.11 Å². The number of benzene rings is 2. The smallest absolute Gasteiger partial charge is 0.258 e. The molecule has 1 amide bonds. The summed E-state index contributed by atoms with van der Waals surface area (Å²) in [5.74, 6) is 4.61. The highest BCUT2D eigenvalue weighted by Gasteiger charge is 2.10. The first-order valence-corrected chi connectivity index (χ1v) is 6.46. The van der Waals surface area contributed by atoms with E-state index in [0.717, 1.165) is 5.56 Å². The zero-order valence-corrected chi connectivity index (χ0v) is 11.3. The minimum atomic E-state index is -0.561. The standard InChI is InChI=1S/C17H14FNO2/c18-16-10-2-1-9-15(16)17(21)19-14-8-5-7-13(12-14)6-3-4-11-20/h1-2,5,7-10,12,20H,4,11H2,(H,19,21). The van der Waals surface area contributed by atoms with Gasteiger partial charge in [-0.1, -0.05) is 30.0 Å². The Balaban J connectivity index is 2.14. The van der Waals surface area contributed by atoms with E-state index < -0.39 is 11.7 Å². The van der Waals surface area contributed by atoms with Crippen molar-refractivity contribution in [3.05, 3.63) is 65.5 Å². The van der Waals surface area contributed by atoms with Crippen LogP contribution in [0.4, 0.5) is 10.1 Å². The Bertz CT molecular complexity index is 701. The molecule has 2 N–H and O–H groups in total. The lowest BCUT2D eigenvalue weighted by Crippen LogP contribution is -2.13. The lowest BCUT2D eigenvalue weighted by atomic mass is 10.1. The van der Waals surface area contributed by atoms with Crippen molar-refractivity contribution in [3.8, 4) is 11.8 Å². The van der Waals surface area contributed by atoms with Crippen LogP contribution in [0, 0.1) is 17.7 Å². The van der Waals surface area contributed by atoms with E-state index in [9.17, 15) is 9.18 Å². The largest absolute Gasteiger partial charge is 0.395 e. The SMILES string of the molecule is O=C(Nc1cccc(C#CCCO)c1)c1ccccc1F. The van der Waals surface area contributed by atoms with E-state index in [1.54, 1.807) is 30.3 Å². The Morgan fingerprint density at radius 3 is 2.76 bits per heavy atom. The maximum Gasteiger partial charge on any atom is 0.258 e. The normalized spacial score (nSPS) is 9.62. The second-order valence-electron chi connectivity index (χ2n) is 4.29. The number of aliphatic hydroxyl groups excluding tert-OH is 1. The number of nitrogens with one attached hydrogen (secondary N) is 1. The van der Waals surface area contributed by atoms with E-state index in [1.807, 2.05) is 0 Å². The van der Waals surface area contributed by atoms with Gasteiger partial charge >= 0.3 is 0 Å². The molecule has 0 unspecified atom stereocenters. The molecule has 0 aromatic heterocycles. The minimum absolute atomic E-state index is 0.00531. The van der Waals surface area contributed by atoms with Gasteiger partial charge in [0.2, 0.25) is 0 Å². The lowest BCUT2D eigenvalue weighted by molar-refractivity contribution is 0.102. The molecule has 2 aromatic rings. The number of carbonyl (C=O) groups excluding carboxylic acids is 1. The van der Waals surface area contributed by atoms with Crippen LogP contribution in [0.1, 0.15) is 22.3 Å². The summed E-state index contributed by atoms with van der Waals surface area (Å²) in [6.45, 7) is 0.0106. The fraction of sp³-hybridized carbons (Fsp3) is 0.118. The predicted octanol–water partition coefficient (Wildman–Crippen LogP) is 2.81. The molecule has 3 nitrogen and oxygen atoms in total. The Morgan fingerprint density at radius 2 is 2.00 bits per heavy atom. The monoisotopic (exact) mass is 283 g/mol. The van der Waals surface area contributed by atoms with Crippen LogP contribution >= 0.6 is 0 Å². The van der Waals surface area contributed by atoms with Gasteiger partial charge < -0.3 is 10.4 Å². The zero-order valence-electron chi connectivity index (χ0n) is 11.3. The van der Waals surface area contributed by atoms with Gasteiger partial charge in [-0.25, -0.2) is 4.39 Å². The van der Waals surface area contributed by atoms with Crippen molar-refractivity contribution in [1.29, 1.82) is 0 Å². The topological polar surface area (TPSA) is 49.3 Å². The van der Waals surface area contributed by atoms with Crippen LogP contribution in [0.5, 0.6) is 0 Å². The summed E-state index contributed by atoms with van der Waals surface area (Å²) in [5, 5.41) is 11.3. The summed E-state index contributed by atoms with van der Waals surface area (Å²) in [7, 11) is 0. The molecule has 2 aromatic carbocycles. The first-order valence-electron chi connectivity index (χ1n) is 6.46.